The molecule has 0 spiro atoms. The summed E-state index contributed by atoms with van der Waals surface area (Å²) in [6, 6.07) is 0. The van der Waals surface area contributed by atoms with Gasteiger partial charge >= 0.3 is 42.1 Å². The van der Waals surface area contributed by atoms with Crippen molar-refractivity contribution >= 4 is 28.9 Å². The third-order valence-electron chi connectivity index (χ3n) is 0. The minimum atomic E-state index is -1.98. The SMILES string of the molecule is C=C([CH2-])C.[Cl][Os]([Cl])[Cl]. The van der Waals surface area contributed by atoms with Crippen molar-refractivity contribution in [2.24, 2.45) is 0 Å². The van der Waals surface area contributed by atoms with Gasteiger partial charge in [0.05, 0.1) is 0 Å². The van der Waals surface area contributed by atoms with E-state index < -0.39 is 13.2 Å². The molecule has 0 aliphatic rings. The Balaban J connectivity index is 0. The van der Waals surface area contributed by atoms with E-state index in [1.807, 2.05) is 6.92 Å². The molecule has 0 aromatic heterocycles. The standard InChI is InChI=1S/C4H7.3ClH.Os/c1-4(2)3;;;;/h1-2H2,3H3;3*1H;/q-1;;;;+3/p-3. The molecular weight excluding hydrogens is 345 g/mol. The molecule has 4 heteroatoms. The Hall–Kier alpha value is 1.12. The summed E-state index contributed by atoms with van der Waals surface area (Å²) < 4.78 is 0. The summed E-state index contributed by atoms with van der Waals surface area (Å²) >= 11 is -1.98. The van der Waals surface area contributed by atoms with Crippen LogP contribution >= 0.6 is 28.9 Å². The van der Waals surface area contributed by atoms with E-state index in [0.29, 0.717) is 0 Å². The van der Waals surface area contributed by atoms with Gasteiger partial charge in [0, 0.05) is 0 Å². The molecule has 8 heavy (non-hydrogen) atoms. The first-order chi connectivity index (χ1) is 3.46. The van der Waals surface area contributed by atoms with Crippen LogP contribution in [0.15, 0.2) is 12.2 Å². The number of rotatable bonds is 0. The van der Waals surface area contributed by atoms with Gasteiger partial charge in [0.25, 0.3) is 0 Å². The first kappa shape index (κ1) is 11.9. The Kier molecular flexibility index (Phi) is 12.0. The van der Waals surface area contributed by atoms with Crippen LogP contribution in [0, 0.1) is 6.92 Å². The van der Waals surface area contributed by atoms with E-state index in [1.165, 1.54) is 0 Å². The molecule has 0 rings (SSSR count). The molecular formula is C4H7Cl3Os-. The maximum atomic E-state index is 4.98. The van der Waals surface area contributed by atoms with Gasteiger partial charge in [-0.05, 0) is 0 Å². The van der Waals surface area contributed by atoms with Crippen LogP contribution in [0.1, 0.15) is 6.92 Å². The van der Waals surface area contributed by atoms with Gasteiger partial charge in [0.2, 0.25) is 0 Å². The van der Waals surface area contributed by atoms with Crippen molar-refractivity contribution in [3.8, 4) is 0 Å². The van der Waals surface area contributed by atoms with Gasteiger partial charge in [-0.1, -0.05) is 6.92 Å². The van der Waals surface area contributed by atoms with Crippen LogP contribution in [0.25, 0.3) is 0 Å². The van der Waals surface area contributed by atoms with E-state index in [2.05, 4.69) is 13.5 Å². The van der Waals surface area contributed by atoms with Crippen LogP contribution in [0.2, 0.25) is 0 Å². The van der Waals surface area contributed by atoms with Gasteiger partial charge in [-0.25, -0.2) is 19.1 Å². The zero-order valence-electron chi connectivity index (χ0n) is 4.40. The summed E-state index contributed by atoms with van der Waals surface area (Å²) in [7, 11) is 14.9. The van der Waals surface area contributed by atoms with Crippen LogP contribution in [0.4, 0.5) is 0 Å². The van der Waals surface area contributed by atoms with Gasteiger partial charge in [-0.3, -0.25) is 0 Å². The molecule has 0 saturated heterocycles. The molecule has 0 saturated carbocycles. The second-order valence-corrected chi connectivity index (χ2v) is 12.1. The van der Waals surface area contributed by atoms with E-state index >= 15 is 0 Å². The summed E-state index contributed by atoms with van der Waals surface area (Å²) in [6.45, 7) is 8.75. The van der Waals surface area contributed by atoms with Gasteiger partial charge < -0.3 is 0 Å². The van der Waals surface area contributed by atoms with E-state index in [9.17, 15) is 0 Å². The third-order valence-corrected chi connectivity index (χ3v) is 0. The van der Waals surface area contributed by atoms with Gasteiger partial charge in [0.15, 0.2) is 0 Å². The molecule has 0 amide bonds. The van der Waals surface area contributed by atoms with Crippen molar-refractivity contribution in [3.63, 3.8) is 0 Å². The molecule has 0 bridgehead atoms. The van der Waals surface area contributed by atoms with Gasteiger partial charge in [0.1, 0.15) is 0 Å². The van der Waals surface area contributed by atoms with Crippen molar-refractivity contribution in [1.29, 1.82) is 0 Å². The Morgan fingerprint density at radius 3 is 1.50 bits per heavy atom. The molecule has 0 aromatic rings. The zero-order valence-corrected chi connectivity index (χ0v) is 9.21. The topological polar surface area (TPSA) is 0 Å². The van der Waals surface area contributed by atoms with Crippen molar-refractivity contribution in [3.05, 3.63) is 19.1 Å². The molecule has 0 radical (unpaired) electrons. The molecule has 0 nitrogen and oxygen atoms in total. The molecule has 0 aromatic carbocycles. The fourth-order valence-corrected chi connectivity index (χ4v) is 0. The second-order valence-electron chi connectivity index (χ2n) is 1.11. The number of halogens is 3. The Labute approximate surface area is 67.9 Å². The van der Waals surface area contributed by atoms with E-state index in [4.69, 9.17) is 28.9 Å². The van der Waals surface area contributed by atoms with Crippen LogP contribution in [0.3, 0.4) is 0 Å². The quantitative estimate of drug-likeness (QED) is 0.586. The first-order valence-corrected chi connectivity index (χ1v) is 11.1. The third kappa shape index (κ3) is 214. The fourth-order valence-electron chi connectivity index (χ4n) is 0. The second kappa shape index (κ2) is 8.12. The van der Waals surface area contributed by atoms with E-state index in [-0.39, 0.29) is 0 Å². The van der Waals surface area contributed by atoms with Crippen molar-refractivity contribution in [1.82, 2.24) is 0 Å². The van der Waals surface area contributed by atoms with E-state index in [1.54, 1.807) is 0 Å². The van der Waals surface area contributed by atoms with Crippen LogP contribution in [0.5, 0.6) is 0 Å². The molecule has 0 aliphatic heterocycles. The fraction of sp³-hybridized carbons (Fsp3) is 0.250. The molecule has 0 atom stereocenters. The van der Waals surface area contributed by atoms with Crippen molar-refractivity contribution < 1.29 is 13.2 Å². The van der Waals surface area contributed by atoms with Crippen LogP contribution < -0.4 is 0 Å². The maximum absolute atomic E-state index is 4.98. The summed E-state index contributed by atoms with van der Waals surface area (Å²) in [5, 5.41) is 0. The van der Waals surface area contributed by atoms with Crippen molar-refractivity contribution in [2.45, 2.75) is 6.92 Å². The monoisotopic (exact) mass is 352 g/mol. The average molecular weight is 352 g/mol. The minimum absolute atomic E-state index is 0.917. The van der Waals surface area contributed by atoms with Gasteiger partial charge in [-0.15, -0.1) is 0 Å². The Morgan fingerprint density at radius 1 is 1.50 bits per heavy atom. The summed E-state index contributed by atoms with van der Waals surface area (Å²) in [5.41, 5.74) is 0.917. The number of hydrogen-bond donors (Lipinski definition) is 0. The van der Waals surface area contributed by atoms with Crippen LogP contribution in [-0.4, -0.2) is 0 Å². The summed E-state index contributed by atoms with van der Waals surface area (Å²) in [5.74, 6) is 0. The summed E-state index contributed by atoms with van der Waals surface area (Å²) in [4.78, 5) is 0. The predicted octanol–water partition coefficient (Wildman–Crippen LogP) is 3.46. The molecule has 53 valence electrons. The first-order valence-electron chi connectivity index (χ1n) is 1.61. The van der Waals surface area contributed by atoms with Crippen molar-refractivity contribution in [2.75, 3.05) is 0 Å². The van der Waals surface area contributed by atoms with Gasteiger partial charge in [-0.2, -0.15) is 0 Å². The number of hydrogen-bond acceptors (Lipinski definition) is 0. The molecule has 0 aliphatic carbocycles. The Bertz CT molecular complexity index is 55.5. The molecule has 0 heterocycles. The molecule has 0 fully saturated rings. The number of allylic oxidation sites excluding steroid dienone is 1. The normalized spacial score (nSPS) is 8.75. The zero-order chi connectivity index (χ0) is 7.15. The predicted molar refractivity (Wildman–Crippen MR) is 37.7 cm³/mol. The Morgan fingerprint density at radius 2 is 1.50 bits per heavy atom. The molecule has 0 unspecified atom stereocenters. The summed E-state index contributed by atoms with van der Waals surface area (Å²) in [6.07, 6.45) is 0. The van der Waals surface area contributed by atoms with Crippen LogP contribution in [-0.2, 0) is 13.2 Å². The molecule has 0 N–H and O–H groups in total. The average Bonchev–Trinajstić information content (AvgIpc) is 1.25. The van der Waals surface area contributed by atoms with E-state index in [0.717, 1.165) is 5.57 Å².